The fourth-order valence-electron chi connectivity index (χ4n) is 1.01. The van der Waals surface area contributed by atoms with Crippen molar-refractivity contribution in [2.75, 3.05) is 0 Å². The Morgan fingerprint density at radius 3 is 2.69 bits per heavy atom. The summed E-state index contributed by atoms with van der Waals surface area (Å²) in [7, 11) is 0. The van der Waals surface area contributed by atoms with Gasteiger partial charge in [-0.1, -0.05) is 5.21 Å². The first kappa shape index (κ1) is 7.81. The van der Waals surface area contributed by atoms with Crippen LogP contribution in [0.3, 0.4) is 0 Å². The van der Waals surface area contributed by atoms with Gasteiger partial charge in [-0.15, -0.1) is 5.10 Å². The van der Waals surface area contributed by atoms with Crippen molar-refractivity contribution in [2.24, 2.45) is 5.73 Å². The maximum atomic E-state index is 5.49. The molecule has 2 aromatic rings. The van der Waals surface area contributed by atoms with Crippen LogP contribution in [-0.4, -0.2) is 25.0 Å². The summed E-state index contributed by atoms with van der Waals surface area (Å²) in [5.74, 6) is 0. The van der Waals surface area contributed by atoms with Crippen LogP contribution < -0.4 is 5.73 Å². The Morgan fingerprint density at radius 2 is 2.00 bits per heavy atom. The van der Waals surface area contributed by atoms with Crippen LogP contribution in [0.4, 0.5) is 0 Å². The number of aromatic nitrogens is 5. The van der Waals surface area contributed by atoms with Gasteiger partial charge in [-0.25, -0.2) is 14.6 Å². The molecule has 6 heteroatoms. The van der Waals surface area contributed by atoms with E-state index < -0.39 is 0 Å². The molecular weight excluding hydrogens is 168 g/mol. The molecule has 2 rings (SSSR count). The third-order valence-corrected chi connectivity index (χ3v) is 1.62. The predicted molar refractivity (Wildman–Crippen MR) is 44.8 cm³/mol. The van der Waals surface area contributed by atoms with Gasteiger partial charge in [0.25, 0.3) is 0 Å². The Labute approximate surface area is 74.4 Å². The molecule has 66 valence electrons. The molecule has 0 unspecified atom stereocenters. The first-order chi connectivity index (χ1) is 6.42. The summed E-state index contributed by atoms with van der Waals surface area (Å²) in [4.78, 5) is 7.75. The van der Waals surface area contributed by atoms with Crippen LogP contribution in [0.1, 0.15) is 5.69 Å². The fraction of sp³-hybridized carbons (Fsp3) is 0.143. The van der Waals surface area contributed by atoms with E-state index in [4.69, 9.17) is 5.73 Å². The Hall–Kier alpha value is -1.82. The second-order valence-corrected chi connectivity index (χ2v) is 2.44. The highest BCUT2D eigenvalue weighted by molar-refractivity contribution is 5.24. The van der Waals surface area contributed by atoms with E-state index in [1.165, 1.54) is 6.33 Å². The highest BCUT2D eigenvalue weighted by atomic mass is 15.4. The van der Waals surface area contributed by atoms with Crippen molar-refractivity contribution in [3.63, 3.8) is 0 Å². The third-order valence-electron chi connectivity index (χ3n) is 1.62. The Kier molecular flexibility index (Phi) is 1.97. The van der Waals surface area contributed by atoms with Crippen molar-refractivity contribution >= 4 is 0 Å². The molecule has 0 spiro atoms. The summed E-state index contributed by atoms with van der Waals surface area (Å²) in [5.41, 5.74) is 7.08. The summed E-state index contributed by atoms with van der Waals surface area (Å²) in [6, 6.07) is 0. The van der Waals surface area contributed by atoms with Crippen molar-refractivity contribution in [1.29, 1.82) is 0 Å². The lowest BCUT2D eigenvalue weighted by atomic mass is 10.4. The highest BCUT2D eigenvalue weighted by Gasteiger charge is 2.03. The molecule has 0 amide bonds. The predicted octanol–water partition coefficient (Wildman–Crippen LogP) is -0.484. The number of nitrogens with two attached hydrogens (primary N) is 1. The van der Waals surface area contributed by atoms with E-state index in [1.54, 1.807) is 23.3 Å². The van der Waals surface area contributed by atoms with Gasteiger partial charge >= 0.3 is 0 Å². The largest absolute Gasteiger partial charge is 0.325 e. The van der Waals surface area contributed by atoms with E-state index in [-0.39, 0.29) is 0 Å². The molecule has 13 heavy (non-hydrogen) atoms. The second-order valence-electron chi connectivity index (χ2n) is 2.44. The molecule has 0 aliphatic carbocycles. The lowest BCUT2D eigenvalue weighted by molar-refractivity contribution is 0.754. The Morgan fingerprint density at radius 1 is 1.23 bits per heavy atom. The first-order valence-corrected chi connectivity index (χ1v) is 3.77. The van der Waals surface area contributed by atoms with Crippen LogP contribution in [0.15, 0.2) is 24.9 Å². The molecule has 0 atom stereocenters. The van der Waals surface area contributed by atoms with E-state index in [1.807, 2.05) is 0 Å². The van der Waals surface area contributed by atoms with Crippen LogP contribution in [-0.2, 0) is 6.54 Å². The van der Waals surface area contributed by atoms with E-state index in [9.17, 15) is 0 Å². The van der Waals surface area contributed by atoms with E-state index in [0.29, 0.717) is 6.54 Å². The average molecular weight is 176 g/mol. The van der Waals surface area contributed by atoms with Gasteiger partial charge in [0.05, 0.1) is 24.3 Å². The van der Waals surface area contributed by atoms with Crippen LogP contribution >= 0.6 is 0 Å². The lowest BCUT2D eigenvalue weighted by Crippen LogP contribution is -2.07. The number of rotatable bonds is 2. The van der Waals surface area contributed by atoms with E-state index >= 15 is 0 Å². The van der Waals surface area contributed by atoms with Gasteiger partial charge in [-0.05, 0) is 0 Å². The molecular formula is C7H8N6. The molecule has 0 aromatic carbocycles. The van der Waals surface area contributed by atoms with Gasteiger partial charge in [-0.3, -0.25) is 0 Å². The van der Waals surface area contributed by atoms with Crippen molar-refractivity contribution in [3.05, 3.63) is 30.6 Å². The molecule has 2 N–H and O–H groups in total. The van der Waals surface area contributed by atoms with Gasteiger partial charge in [0.15, 0.2) is 0 Å². The van der Waals surface area contributed by atoms with E-state index in [2.05, 4.69) is 20.3 Å². The molecule has 0 bridgehead atoms. The molecule has 0 saturated heterocycles. The standard InChI is InChI=1S/C7H8N6/c8-1-6-4-11-12-13(6)7-2-9-5-10-3-7/h2-5H,1,8H2. The monoisotopic (exact) mass is 176 g/mol. The second kappa shape index (κ2) is 3.28. The minimum atomic E-state index is 0.391. The maximum absolute atomic E-state index is 5.49. The van der Waals surface area contributed by atoms with Crippen LogP contribution in [0.2, 0.25) is 0 Å². The molecule has 6 nitrogen and oxygen atoms in total. The summed E-state index contributed by atoms with van der Waals surface area (Å²) in [5, 5.41) is 7.61. The number of nitrogens with zero attached hydrogens (tertiary/aromatic N) is 5. The minimum Gasteiger partial charge on any atom is -0.325 e. The van der Waals surface area contributed by atoms with Crippen molar-refractivity contribution in [2.45, 2.75) is 6.54 Å². The molecule has 0 aliphatic rings. The van der Waals surface area contributed by atoms with Crippen molar-refractivity contribution in [3.8, 4) is 5.69 Å². The maximum Gasteiger partial charge on any atom is 0.115 e. The van der Waals surface area contributed by atoms with Crippen LogP contribution in [0, 0.1) is 0 Å². The smallest absolute Gasteiger partial charge is 0.115 e. The Balaban J connectivity index is 2.47. The third kappa shape index (κ3) is 1.38. The van der Waals surface area contributed by atoms with Crippen molar-refractivity contribution < 1.29 is 0 Å². The van der Waals surface area contributed by atoms with Crippen molar-refractivity contribution in [1.82, 2.24) is 25.0 Å². The normalized spacial score (nSPS) is 10.2. The van der Waals surface area contributed by atoms with Crippen LogP contribution in [0.25, 0.3) is 5.69 Å². The molecule has 0 saturated carbocycles. The zero-order chi connectivity index (χ0) is 9.10. The Bertz CT molecular complexity index is 381. The zero-order valence-corrected chi connectivity index (χ0v) is 6.83. The summed E-state index contributed by atoms with van der Waals surface area (Å²) >= 11 is 0. The van der Waals surface area contributed by atoms with E-state index in [0.717, 1.165) is 11.4 Å². The van der Waals surface area contributed by atoms with Gasteiger partial charge in [0.1, 0.15) is 12.0 Å². The fourth-order valence-corrected chi connectivity index (χ4v) is 1.01. The quantitative estimate of drug-likeness (QED) is 0.668. The number of hydrogen-bond donors (Lipinski definition) is 1. The highest BCUT2D eigenvalue weighted by Crippen LogP contribution is 2.04. The topological polar surface area (TPSA) is 82.5 Å². The molecule has 0 radical (unpaired) electrons. The van der Waals surface area contributed by atoms with Gasteiger partial charge in [0.2, 0.25) is 0 Å². The molecule has 2 heterocycles. The lowest BCUT2D eigenvalue weighted by Gasteiger charge is -2.01. The molecule has 0 fully saturated rings. The molecule has 2 aromatic heterocycles. The van der Waals surface area contributed by atoms with Gasteiger partial charge in [-0.2, -0.15) is 0 Å². The first-order valence-electron chi connectivity index (χ1n) is 3.77. The zero-order valence-electron chi connectivity index (χ0n) is 6.83. The summed E-state index contributed by atoms with van der Waals surface area (Å²) in [6.07, 6.45) is 6.39. The summed E-state index contributed by atoms with van der Waals surface area (Å²) < 4.78 is 1.61. The minimum absolute atomic E-state index is 0.391. The average Bonchev–Trinajstić information content (AvgIpc) is 2.67. The molecule has 0 aliphatic heterocycles. The van der Waals surface area contributed by atoms with Gasteiger partial charge in [0, 0.05) is 6.54 Å². The van der Waals surface area contributed by atoms with Crippen LogP contribution in [0.5, 0.6) is 0 Å². The summed E-state index contributed by atoms with van der Waals surface area (Å²) in [6.45, 7) is 0.391. The number of hydrogen-bond acceptors (Lipinski definition) is 5. The SMILES string of the molecule is NCc1cnnn1-c1cncnc1. The van der Waals surface area contributed by atoms with Gasteiger partial charge < -0.3 is 5.73 Å².